The van der Waals surface area contributed by atoms with Crippen LogP contribution in [0, 0.1) is 11.3 Å². The van der Waals surface area contributed by atoms with Gasteiger partial charge in [-0.2, -0.15) is 5.26 Å². The van der Waals surface area contributed by atoms with Crippen molar-refractivity contribution < 1.29 is 13.2 Å². The number of hydrogen-bond acceptors (Lipinski definition) is 4. The standard InChI is InChI=1S/C13H16N2O3S/c1-2-19(17,18)9-5-8-13(16)15-12-7-4-3-6-11(12)10-14/h3-4,6-7H,2,5,8-9H2,1H3,(H,15,16). The van der Waals surface area contributed by atoms with Crippen molar-refractivity contribution in [2.24, 2.45) is 0 Å². The Kier molecular flexibility index (Phi) is 5.52. The molecule has 0 aromatic heterocycles. The highest BCUT2D eigenvalue weighted by molar-refractivity contribution is 7.91. The van der Waals surface area contributed by atoms with Gasteiger partial charge in [-0.3, -0.25) is 4.79 Å². The highest BCUT2D eigenvalue weighted by Gasteiger charge is 2.10. The third-order valence-corrected chi connectivity index (χ3v) is 4.41. The average molecular weight is 280 g/mol. The first-order valence-corrected chi connectivity index (χ1v) is 7.80. The van der Waals surface area contributed by atoms with Crippen LogP contribution in [0.1, 0.15) is 25.3 Å². The number of amides is 1. The van der Waals surface area contributed by atoms with Crippen LogP contribution in [-0.2, 0) is 14.6 Å². The van der Waals surface area contributed by atoms with Crippen LogP contribution in [0.3, 0.4) is 0 Å². The molecule has 1 aromatic rings. The predicted octanol–water partition coefficient (Wildman–Crippen LogP) is 1.71. The number of carbonyl (C=O) groups is 1. The number of benzene rings is 1. The van der Waals surface area contributed by atoms with E-state index in [1.807, 2.05) is 6.07 Å². The lowest BCUT2D eigenvalue weighted by atomic mass is 10.2. The van der Waals surface area contributed by atoms with Gasteiger partial charge in [0.05, 0.1) is 17.0 Å². The molecule has 1 N–H and O–H groups in total. The summed E-state index contributed by atoms with van der Waals surface area (Å²) < 4.78 is 22.5. The van der Waals surface area contributed by atoms with Crippen molar-refractivity contribution in [1.82, 2.24) is 0 Å². The van der Waals surface area contributed by atoms with Crippen molar-refractivity contribution in [2.75, 3.05) is 16.8 Å². The summed E-state index contributed by atoms with van der Waals surface area (Å²) in [7, 11) is -3.03. The zero-order valence-corrected chi connectivity index (χ0v) is 11.5. The topological polar surface area (TPSA) is 87.0 Å². The Labute approximate surface area is 113 Å². The van der Waals surface area contributed by atoms with Gasteiger partial charge in [0, 0.05) is 12.2 Å². The Bertz CT molecular complexity index is 588. The maximum absolute atomic E-state index is 11.6. The van der Waals surface area contributed by atoms with E-state index in [2.05, 4.69) is 5.32 Å². The summed E-state index contributed by atoms with van der Waals surface area (Å²) >= 11 is 0. The molecule has 0 spiro atoms. The Morgan fingerprint density at radius 3 is 2.68 bits per heavy atom. The molecule has 0 atom stereocenters. The monoisotopic (exact) mass is 280 g/mol. The number of nitriles is 1. The second-order valence-electron chi connectivity index (χ2n) is 4.05. The normalized spacial score (nSPS) is 10.7. The van der Waals surface area contributed by atoms with Gasteiger partial charge in [-0.05, 0) is 18.6 Å². The Balaban J connectivity index is 2.51. The molecule has 0 saturated heterocycles. The number of anilines is 1. The van der Waals surface area contributed by atoms with E-state index in [0.717, 1.165) is 0 Å². The highest BCUT2D eigenvalue weighted by atomic mass is 32.2. The van der Waals surface area contributed by atoms with Crippen LogP contribution >= 0.6 is 0 Å². The number of sulfone groups is 1. The van der Waals surface area contributed by atoms with E-state index in [-0.39, 0.29) is 30.3 Å². The second kappa shape index (κ2) is 6.90. The molecule has 0 aliphatic heterocycles. The van der Waals surface area contributed by atoms with Crippen LogP contribution in [0.15, 0.2) is 24.3 Å². The van der Waals surface area contributed by atoms with Crippen LogP contribution in [0.25, 0.3) is 0 Å². The van der Waals surface area contributed by atoms with Crippen LogP contribution in [-0.4, -0.2) is 25.8 Å². The van der Waals surface area contributed by atoms with E-state index < -0.39 is 9.84 Å². The van der Waals surface area contributed by atoms with Gasteiger partial charge in [0.15, 0.2) is 0 Å². The van der Waals surface area contributed by atoms with E-state index >= 15 is 0 Å². The van der Waals surface area contributed by atoms with Gasteiger partial charge in [0.1, 0.15) is 15.9 Å². The first-order chi connectivity index (χ1) is 8.98. The minimum atomic E-state index is -3.03. The summed E-state index contributed by atoms with van der Waals surface area (Å²) in [5.41, 5.74) is 0.838. The molecule has 0 fully saturated rings. The zero-order valence-electron chi connectivity index (χ0n) is 10.7. The van der Waals surface area contributed by atoms with Gasteiger partial charge in [0.2, 0.25) is 5.91 Å². The van der Waals surface area contributed by atoms with Crippen LogP contribution in [0.2, 0.25) is 0 Å². The van der Waals surface area contributed by atoms with Crippen LogP contribution in [0.4, 0.5) is 5.69 Å². The van der Waals surface area contributed by atoms with Gasteiger partial charge in [-0.15, -0.1) is 0 Å². The molecule has 0 saturated carbocycles. The Hall–Kier alpha value is -1.87. The minimum absolute atomic E-state index is 0.0107. The fourth-order valence-corrected chi connectivity index (χ4v) is 2.37. The molecule has 19 heavy (non-hydrogen) atoms. The van der Waals surface area contributed by atoms with Crippen molar-refractivity contribution in [1.29, 1.82) is 5.26 Å². The predicted molar refractivity (Wildman–Crippen MR) is 73.3 cm³/mol. The molecule has 0 aliphatic carbocycles. The summed E-state index contributed by atoms with van der Waals surface area (Å²) in [5.74, 6) is -0.183. The number of carbonyl (C=O) groups excluding carboxylic acids is 1. The fraction of sp³-hybridized carbons (Fsp3) is 0.385. The molecule has 102 valence electrons. The summed E-state index contributed by atoms with van der Waals surface area (Å²) in [6.07, 6.45) is 0.412. The van der Waals surface area contributed by atoms with E-state index in [9.17, 15) is 13.2 Å². The fourth-order valence-electron chi connectivity index (χ4n) is 1.50. The summed E-state index contributed by atoms with van der Waals surface area (Å²) in [6, 6.07) is 8.66. The second-order valence-corrected chi connectivity index (χ2v) is 6.52. The van der Waals surface area contributed by atoms with Crippen LogP contribution < -0.4 is 5.32 Å². The molecular formula is C13H16N2O3S. The molecule has 0 unspecified atom stereocenters. The number of nitrogens with one attached hydrogen (secondary N) is 1. The summed E-state index contributed by atoms with van der Waals surface area (Å²) in [6.45, 7) is 1.58. The van der Waals surface area contributed by atoms with Crippen LogP contribution in [0.5, 0.6) is 0 Å². The maximum atomic E-state index is 11.6. The SMILES string of the molecule is CCS(=O)(=O)CCCC(=O)Nc1ccccc1C#N. The third kappa shape index (κ3) is 5.10. The molecule has 1 amide bonds. The van der Waals surface area contributed by atoms with Crippen molar-refractivity contribution in [3.8, 4) is 6.07 Å². The Morgan fingerprint density at radius 1 is 1.37 bits per heavy atom. The van der Waals surface area contributed by atoms with E-state index in [1.54, 1.807) is 31.2 Å². The molecule has 0 aliphatic rings. The van der Waals surface area contributed by atoms with Gasteiger partial charge in [-0.1, -0.05) is 19.1 Å². The van der Waals surface area contributed by atoms with Gasteiger partial charge < -0.3 is 5.32 Å². The summed E-state index contributed by atoms with van der Waals surface area (Å²) in [5, 5.41) is 11.5. The van der Waals surface area contributed by atoms with Crippen molar-refractivity contribution >= 4 is 21.4 Å². The smallest absolute Gasteiger partial charge is 0.224 e. The van der Waals surface area contributed by atoms with E-state index in [1.165, 1.54) is 0 Å². The lowest BCUT2D eigenvalue weighted by Gasteiger charge is -2.06. The molecule has 1 aromatic carbocycles. The molecule has 1 rings (SSSR count). The number of hydrogen-bond donors (Lipinski definition) is 1. The van der Waals surface area contributed by atoms with Gasteiger partial charge >= 0.3 is 0 Å². The first-order valence-electron chi connectivity index (χ1n) is 5.98. The van der Waals surface area contributed by atoms with Crippen molar-refractivity contribution in [3.63, 3.8) is 0 Å². The number of nitrogens with zero attached hydrogens (tertiary/aromatic N) is 1. The third-order valence-electron chi connectivity index (χ3n) is 2.62. The van der Waals surface area contributed by atoms with E-state index in [0.29, 0.717) is 11.3 Å². The van der Waals surface area contributed by atoms with Crippen molar-refractivity contribution in [2.45, 2.75) is 19.8 Å². The van der Waals surface area contributed by atoms with Gasteiger partial charge in [-0.25, -0.2) is 8.42 Å². The molecule has 0 bridgehead atoms. The summed E-state index contributed by atoms with van der Waals surface area (Å²) in [4.78, 5) is 11.6. The highest BCUT2D eigenvalue weighted by Crippen LogP contribution is 2.14. The Morgan fingerprint density at radius 2 is 2.05 bits per heavy atom. The lowest BCUT2D eigenvalue weighted by molar-refractivity contribution is -0.116. The quantitative estimate of drug-likeness (QED) is 0.859. The van der Waals surface area contributed by atoms with Gasteiger partial charge in [0.25, 0.3) is 0 Å². The first kappa shape index (κ1) is 15.2. The molecule has 0 radical (unpaired) electrons. The average Bonchev–Trinajstić information content (AvgIpc) is 2.39. The largest absolute Gasteiger partial charge is 0.325 e. The maximum Gasteiger partial charge on any atom is 0.224 e. The number of rotatable bonds is 6. The zero-order chi connectivity index (χ0) is 14.3. The lowest BCUT2D eigenvalue weighted by Crippen LogP contribution is -2.15. The minimum Gasteiger partial charge on any atom is -0.325 e. The van der Waals surface area contributed by atoms with E-state index in [4.69, 9.17) is 5.26 Å². The molecule has 6 heteroatoms. The molecule has 0 heterocycles. The molecular weight excluding hydrogens is 264 g/mol. The molecule has 5 nitrogen and oxygen atoms in total. The number of para-hydroxylation sites is 1. The van der Waals surface area contributed by atoms with Crippen molar-refractivity contribution in [3.05, 3.63) is 29.8 Å².